The molecule has 2 aliphatic heterocycles. The second-order valence-electron chi connectivity index (χ2n) is 13.5. The first-order valence-electron chi connectivity index (χ1n) is 17.4. The van der Waals surface area contributed by atoms with Gasteiger partial charge in [0.25, 0.3) is 0 Å². The van der Waals surface area contributed by atoms with Crippen molar-refractivity contribution in [1.29, 1.82) is 0 Å². The average molecular weight is 634 g/mol. The third kappa shape index (κ3) is 3.59. The molecule has 2 nitrogen and oxygen atoms in total. The summed E-state index contributed by atoms with van der Waals surface area (Å²) in [5.74, 6) is 0. The predicted octanol–water partition coefficient (Wildman–Crippen LogP) is 10.3. The van der Waals surface area contributed by atoms with Crippen LogP contribution in [0.4, 0.5) is 17.1 Å². The van der Waals surface area contributed by atoms with Gasteiger partial charge in [-0.1, -0.05) is 163 Å². The topological polar surface area (TPSA) is 19.0 Å². The number of aromatic amines is 1. The smallest absolute Gasteiger partial charge is 0.197 e. The van der Waals surface area contributed by atoms with E-state index in [-0.39, 0.29) is 0 Å². The minimum atomic E-state index is -0.504. The average Bonchev–Trinajstić information content (AvgIpc) is 3.57. The van der Waals surface area contributed by atoms with Gasteiger partial charge in [-0.25, -0.2) is 0 Å². The van der Waals surface area contributed by atoms with E-state index in [1.54, 1.807) is 0 Å². The van der Waals surface area contributed by atoms with Crippen LogP contribution in [0.2, 0.25) is 0 Å². The first kappa shape index (κ1) is 27.6. The quantitative estimate of drug-likeness (QED) is 0.192. The molecule has 11 rings (SSSR count). The van der Waals surface area contributed by atoms with Crippen molar-refractivity contribution < 1.29 is 0 Å². The van der Waals surface area contributed by atoms with Gasteiger partial charge in [0.1, 0.15) is 0 Å². The molecule has 1 aromatic heterocycles. The van der Waals surface area contributed by atoms with E-state index in [2.05, 4.69) is 193 Å². The number of hydrogen-bond donors (Lipinski definition) is 1. The van der Waals surface area contributed by atoms with Crippen molar-refractivity contribution in [1.82, 2.24) is 4.98 Å². The van der Waals surface area contributed by atoms with Gasteiger partial charge in [-0.05, 0) is 56.9 Å². The van der Waals surface area contributed by atoms with Crippen molar-refractivity contribution >= 4 is 67.8 Å². The Bertz CT molecular complexity index is 2760. The van der Waals surface area contributed by atoms with Gasteiger partial charge in [0.05, 0.1) is 16.6 Å². The molecule has 3 heteroatoms. The van der Waals surface area contributed by atoms with Crippen molar-refractivity contribution in [2.75, 3.05) is 4.90 Å². The maximum absolute atomic E-state index is 3.80. The highest BCUT2D eigenvalue weighted by Gasteiger charge is 2.48. The molecule has 9 aromatic rings. The van der Waals surface area contributed by atoms with Gasteiger partial charge in [-0.15, -0.1) is 0 Å². The van der Waals surface area contributed by atoms with E-state index in [0.29, 0.717) is 0 Å². The van der Waals surface area contributed by atoms with Gasteiger partial charge in [-0.3, -0.25) is 0 Å². The Balaban J connectivity index is 1.27. The fourth-order valence-electron chi connectivity index (χ4n) is 9.09. The summed E-state index contributed by atoms with van der Waals surface area (Å²) >= 11 is 0. The van der Waals surface area contributed by atoms with E-state index in [1.165, 1.54) is 88.4 Å². The number of anilines is 3. The van der Waals surface area contributed by atoms with Crippen LogP contribution in [-0.2, 0) is 5.41 Å². The number of nitrogens with zero attached hydrogens (tertiary/aromatic N) is 1. The first-order chi connectivity index (χ1) is 24.8. The zero-order valence-electron chi connectivity index (χ0n) is 27.3. The lowest BCUT2D eigenvalue weighted by molar-refractivity contribution is 0.732. The van der Waals surface area contributed by atoms with Crippen molar-refractivity contribution in [3.63, 3.8) is 0 Å². The number of rotatable bonds is 3. The fraction of sp³-hybridized carbons (Fsp3) is 0.0213. The number of benzene rings is 8. The molecule has 1 radical (unpaired) electrons. The van der Waals surface area contributed by atoms with Crippen LogP contribution < -0.4 is 15.8 Å². The lowest BCUT2D eigenvalue weighted by atomic mass is 9.54. The van der Waals surface area contributed by atoms with Crippen molar-refractivity contribution in [2.45, 2.75) is 5.41 Å². The summed E-state index contributed by atoms with van der Waals surface area (Å²) in [6.07, 6.45) is 0. The number of nitrogens with one attached hydrogen (secondary N) is 1. The van der Waals surface area contributed by atoms with Gasteiger partial charge in [0.15, 0.2) is 7.28 Å². The van der Waals surface area contributed by atoms with E-state index in [9.17, 15) is 0 Å². The molecule has 0 spiro atoms. The SMILES string of the molecule is [B]1c2cccc3c2N(c2ccccc2C3(c2ccccc2)c2ccccc2)c2c1c(-c1cccc3c1[nH]c1ccccc13)cc1ccccc21. The van der Waals surface area contributed by atoms with Crippen LogP contribution in [0.5, 0.6) is 0 Å². The third-order valence-electron chi connectivity index (χ3n) is 11.1. The second-order valence-corrected chi connectivity index (χ2v) is 13.5. The number of fused-ring (bicyclic) bond motifs is 9. The summed E-state index contributed by atoms with van der Waals surface area (Å²) in [6, 6.07) is 64.8. The first-order valence-corrected chi connectivity index (χ1v) is 17.4. The van der Waals surface area contributed by atoms with Crippen LogP contribution >= 0.6 is 0 Å². The summed E-state index contributed by atoms with van der Waals surface area (Å²) in [6.45, 7) is 0. The summed E-state index contributed by atoms with van der Waals surface area (Å²) in [4.78, 5) is 6.38. The van der Waals surface area contributed by atoms with Gasteiger partial charge in [0, 0.05) is 38.6 Å². The van der Waals surface area contributed by atoms with Gasteiger partial charge < -0.3 is 9.88 Å². The Kier molecular flexibility index (Phi) is 5.71. The van der Waals surface area contributed by atoms with Gasteiger partial charge in [0.2, 0.25) is 0 Å². The summed E-state index contributed by atoms with van der Waals surface area (Å²) < 4.78 is 0. The molecular weight excluding hydrogens is 603 g/mol. The fourth-order valence-corrected chi connectivity index (χ4v) is 9.09. The summed E-state index contributed by atoms with van der Waals surface area (Å²) in [5.41, 5.74) is 15.5. The molecule has 1 N–H and O–H groups in total. The highest BCUT2D eigenvalue weighted by atomic mass is 15.2. The monoisotopic (exact) mass is 633 g/mol. The Hall–Kier alpha value is -6.32. The minimum absolute atomic E-state index is 0.504. The van der Waals surface area contributed by atoms with E-state index in [1.807, 2.05) is 0 Å². The molecule has 0 aliphatic carbocycles. The molecule has 2 aliphatic rings. The number of para-hydroxylation sites is 4. The largest absolute Gasteiger partial charge is 0.354 e. The molecule has 0 unspecified atom stereocenters. The number of hydrogen-bond acceptors (Lipinski definition) is 1. The van der Waals surface area contributed by atoms with Crippen LogP contribution in [0.25, 0.3) is 43.7 Å². The number of H-pyrrole nitrogens is 1. The van der Waals surface area contributed by atoms with Crippen LogP contribution in [0.1, 0.15) is 22.3 Å². The van der Waals surface area contributed by atoms with Gasteiger partial charge in [-0.2, -0.15) is 0 Å². The second kappa shape index (κ2) is 10.3. The Morgan fingerprint density at radius 2 is 1.12 bits per heavy atom. The molecule has 0 atom stereocenters. The predicted molar refractivity (Wildman–Crippen MR) is 210 cm³/mol. The molecule has 50 heavy (non-hydrogen) atoms. The van der Waals surface area contributed by atoms with E-state index in [0.717, 1.165) is 5.52 Å². The van der Waals surface area contributed by atoms with Crippen LogP contribution in [0.15, 0.2) is 176 Å². The summed E-state index contributed by atoms with van der Waals surface area (Å²) in [5, 5.41) is 4.97. The maximum atomic E-state index is 3.80. The molecule has 231 valence electrons. The summed E-state index contributed by atoms with van der Waals surface area (Å²) in [7, 11) is 2.45. The molecule has 0 fully saturated rings. The molecule has 0 saturated heterocycles. The van der Waals surface area contributed by atoms with Crippen LogP contribution in [0.3, 0.4) is 0 Å². The number of aromatic nitrogens is 1. The molecule has 8 aromatic carbocycles. The van der Waals surface area contributed by atoms with Crippen molar-refractivity contribution in [2.24, 2.45) is 0 Å². The van der Waals surface area contributed by atoms with Crippen molar-refractivity contribution in [3.05, 3.63) is 198 Å². The molecule has 0 saturated carbocycles. The van der Waals surface area contributed by atoms with Gasteiger partial charge >= 0.3 is 0 Å². The van der Waals surface area contributed by atoms with E-state index < -0.39 is 5.41 Å². The zero-order valence-corrected chi connectivity index (χ0v) is 27.3. The lowest BCUT2D eigenvalue weighted by Gasteiger charge is -2.49. The highest BCUT2D eigenvalue weighted by molar-refractivity contribution is 6.74. The maximum Gasteiger partial charge on any atom is 0.197 e. The minimum Gasteiger partial charge on any atom is -0.354 e. The van der Waals surface area contributed by atoms with Crippen LogP contribution in [0, 0.1) is 0 Å². The molecule has 0 bridgehead atoms. The molecule has 3 heterocycles. The van der Waals surface area contributed by atoms with E-state index >= 15 is 0 Å². The lowest BCUT2D eigenvalue weighted by Crippen LogP contribution is -2.47. The molecular formula is C47H30BN2. The standard InChI is InChI=1S/C47H30BN2/c1-3-16-31(17-4-1)47(32-18-5-2-6-19-32)38-24-10-12-28-42(38)50-45-33-20-8-7-15-30(33)29-37(43(45)48-40-26-14-25-39(47)46(40)50)36-23-13-22-35-34-21-9-11-27-41(34)49-44(35)36/h1-29,49H. The van der Waals surface area contributed by atoms with Crippen molar-refractivity contribution in [3.8, 4) is 11.1 Å². The Labute approximate surface area is 291 Å². The Morgan fingerprint density at radius 1 is 0.480 bits per heavy atom. The normalized spacial score (nSPS) is 13.9. The third-order valence-corrected chi connectivity index (χ3v) is 11.1. The van der Waals surface area contributed by atoms with Crippen LogP contribution in [-0.4, -0.2) is 12.3 Å². The highest BCUT2D eigenvalue weighted by Crippen LogP contribution is 2.58. The van der Waals surface area contributed by atoms with E-state index in [4.69, 9.17) is 0 Å². The Morgan fingerprint density at radius 3 is 1.94 bits per heavy atom. The molecule has 0 amide bonds. The zero-order chi connectivity index (χ0) is 32.8.